The van der Waals surface area contributed by atoms with Crippen LogP contribution in [0.2, 0.25) is 0 Å². The third-order valence-electron chi connectivity index (χ3n) is 2.35. The highest BCUT2D eigenvalue weighted by Crippen LogP contribution is 2.32. The lowest BCUT2D eigenvalue weighted by molar-refractivity contribution is -0.158. The van der Waals surface area contributed by atoms with Gasteiger partial charge in [-0.05, 0) is 12.8 Å². The van der Waals surface area contributed by atoms with E-state index in [0.717, 1.165) is 12.8 Å². The highest BCUT2D eigenvalue weighted by atomic mass is 16.5. The average Bonchev–Trinajstić information content (AvgIpc) is 2.01. The second kappa shape index (κ2) is 3.87. The summed E-state index contributed by atoms with van der Waals surface area (Å²) in [7, 11) is 2.91. The Bertz CT molecular complexity index is 162. The van der Waals surface area contributed by atoms with Crippen LogP contribution in [-0.2, 0) is 14.3 Å². The monoisotopic (exact) mass is 174 g/mol. The summed E-state index contributed by atoms with van der Waals surface area (Å²) in [5.74, 6) is -0.531. The highest BCUT2D eigenvalue weighted by Gasteiger charge is 2.38. The maximum absolute atomic E-state index is 10.8. The Morgan fingerprint density at radius 2 is 2.08 bits per heavy atom. The van der Waals surface area contributed by atoms with Crippen LogP contribution in [0.15, 0.2) is 0 Å². The largest absolute Gasteiger partial charge is 0.467 e. The molecule has 4 nitrogen and oxygen atoms in total. The molecule has 0 aromatic heterocycles. The van der Waals surface area contributed by atoms with E-state index in [0.29, 0.717) is 0 Å². The Kier molecular flexibility index (Phi) is 3.05. The Hall–Kier alpha value is -0.610. The standard InChI is InChI=1S/C8H14O4/c1-11-6-3-5(4-6)7(9)8(10)12-2/h5-7,9H,3-4H2,1-2H3. The summed E-state index contributed by atoms with van der Waals surface area (Å²) in [6.07, 6.45) is 0.718. The maximum Gasteiger partial charge on any atom is 0.334 e. The number of hydrogen-bond acceptors (Lipinski definition) is 4. The van der Waals surface area contributed by atoms with Crippen LogP contribution in [0.1, 0.15) is 12.8 Å². The van der Waals surface area contributed by atoms with Crippen LogP contribution in [0.5, 0.6) is 0 Å². The second-order valence-corrected chi connectivity index (χ2v) is 3.06. The molecule has 0 aliphatic heterocycles. The van der Waals surface area contributed by atoms with Crippen molar-refractivity contribution in [1.82, 2.24) is 0 Å². The zero-order valence-corrected chi connectivity index (χ0v) is 7.32. The fourth-order valence-corrected chi connectivity index (χ4v) is 1.37. The molecule has 0 aromatic carbocycles. The highest BCUT2D eigenvalue weighted by molar-refractivity contribution is 5.74. The quantitative estimate of drug-likeness (QED) is 0.609. The molecule has 0 amide bonds. The van der Waals surface area contributed by atoms with E-state index < -0.39 is 12.1 Å². The number of aliphatic hydroxyl groups is 1. The minimum atomic E-state index is -0.971. The Morgan fingerprint density at radius 3 is 2.50 bits per heavy atom. The Labute approximate surface area is 71.5 Å². The molecule has 1 unspecified atom stereocenters. The normalized spacial score (nSPS) is 30.6. The van der Waals surface area contributed by atoms with Gasteiger partial charge in [0.25, 0.3) is 0 Å². The molecule has 4 heteroatoms. The summed E-state index contributed by atoms with van der Waals surface area (Å²) in [6.45, 7) is 0. The number of hydrogen-bond donors (Lipinski definition) is 1. The topological polar surface area (TPSA) is 55.8 Å². The molecule has 0 radical (unpaired) electrons. The minimum absolute atomic E-state index is 0.0161. The number of carbonyl (C=O) groups excluding carboxylic acids is 1. The summed E-state index contributed by atoms with van der Waals surface area (Å²) in [5.41, 5.74) is 0. The molecule has 1 aliphatic rings. The first-order valence-electron chi connectivity index (χ1n) is 3.97. The van der Waals surface area contributed by atoms with Crippen molar-refractivity contribution in [3.8, 4) is 0 Å². The van der Waals surface area contributed by atoms with Crippen LogP contribution in [0.25, 0.3) is 0 Å². The molecule has 1 atom stereocenters. The van der Waals surface area contributed by atoms with E-state index in [1.165, 1.54) is 7.11 Å². The minimum Gasteiger partial charge on any atom is -0.467 e. The number of esters is 1. The van der Waals surface area contributed by atoms with Crippen molar-refractivity contribution in [2.45, 2.75) is 25.0 Å². The summed E-state index contributed by atoms with van der Waals surface area (Å²) in [5, 5.41) is 9.32. The van der Waals surface area contributed by atoms with Crippen LogP contribution >= 0.6 is 0 Å². The summed E-state index contributed by atoms with van der Waals surface area (Å²) in [6, 6.07) is 0. The van der Waals surface area contributed by atoms with Crippen molar-refractivity contribution in [3.05, 3.63) is 0 Å². The van der Waals surface area contributed by atoms with Crippen molar-refractivity contribution in [2.75, 3.05) is 14.2 Å². The summed E-state index contributed by atoms with van der Waals surface area (Å²) in [4.78, 5) is 10.8. The predicted molar refractivity (Wildman–Crippen MR) is 41.5 cm³/mol. The van der Waals surface area contributed by atoms with Gasteiger partial charge in [-0.3, -0.25) is 0 Å². The van der Waals surface area contributed by atoms with Crippen molar-refractivity contribution >= 4 is 5.97 Å². The number of rotatable bonds is 3. The lowest BCUT2D eigenvalue weighted by Crippen LogP contribution is -2.42. The van der Waals surface area contributed by atoms with Gasteiger partial charge < -0.3 is 14.6 Å². The molecule has 0 bridgehead atoms. The fraction of sp³-hybridized carbons (Fsp3) is 0.875. The van der Waals surface area contributed by atoms with Crippen molar-refractivity contribution in [1.29, 1.82) is 0 Å². The van der Waals surface area contributed by atoms with Gasteiger partial charge in [0.15, 0.2) is 6.10 Å². The summed E-state index contributed by atoms with van der Waals surface area (Å²) >= 11 is 0. The van der Waals surface area contributed by atoms with Crippen LogP contribution < -0.4 is 0 Å². The van der Waals surface area contributed by atoms with E-state index in [2.05, 4.69) is 4.74 Å². The van der Waals surface area contributed by atoms with Gasteiger partial charge in [-0.15, -0.1) is 0 Å². The van der Waals surface area contributed by atoms with Gasteiger partial charge in [0.1, 0.15) is 0 Å². The van der Waals surface area contributed by atoms with Crippen LogP contribution in [-0.4, -0.2) is 37.5 Å². The van der Waals surface area contributed by atoms with Gasteiger partial charge in [-0.1, -0.05) is 0 Å². The number of carbonyl (C=O) groups is 1. The third kappa shape index (κ3) is 1.76. The van der Waals surface area contributed by atoms with E-state index in [9.17, 15) is 9.90 Å². The van der Waals surface area contributed by atoms with Gasteiger partial charge in [-0.25, -0.2) is 4.79 Å². The van der Waals surface area contributed by atoms with E-state index in [4.69, 9.17) is 4.74 Å². The number of aliphatic hydroxyl groups excluding tert-OH is 1. The third-order valence-corrected chi connectivity index (χ3v) is 2.35. The molecule has 1 saturated carbocycles. The fourth-order valence-electron chi connectivity index (χ4n) is 1.37. The van der Waals surface area contributed by atoms with Gasteiger partial charge in [0.05, 0.1) is 13.2 Å². The van der Waals surface area contributed by atoms with Gasteiger partial charge in [-0.2, -0.15) is 0 Å². The molecule has 1 N–H and O–H groups in total. The molecule has 1 aliphatic carbocycles. The average molecular weight is 174 g/mol. The summed E-state index contributed by atoms with van der Waals surface area (Å²) < 4.78 is 9.42. The lowest BCUT2D eigenvalue weighted by Gasteiger charge is -2.35. The van der Waals surface area contributed by atoms with E-state index in [-0.39, 0.29) is 12.0 Å². The Morgan fingerprint density at radius 1 is 1.50 bits per heavy atom. The van der Waals surface area contributed by atoms with Gasteiger partial charge in [0, 0.05) is 13.0 Å². The molecule has 70 valence electrons. The van der Waals surface area contributed by atoms with E-state index in [1.54, 1.807) is 7.11 Å². The SMILES string of the molecule is COC(=O)C(O)C1CC(OC)C1. The van der Waals surface area contributed by atoms with Crippen LogP contribution in [0.4, 0.5) is 0 Å². The van der Waals surface area contributed by atoms with Crippen LogP contribution in [0.3, 0.4) is 0 Å². The molecule has 0 saturated heterocycles. The lowest BCUT2D eigenvalue weighted by atomic mass is 9.78. The van der Waals surface area contributed by atoms with Gasteiger partial charge in [0.2, 0.25) is 0 Å². The first-order valence-corrected chi connectivity index (χ1v) is 3.97. The van der Waals surface area contributed by atoms with E-state index >= 15 is 0 Å². The van der Waals surface area contributed by atoms with Crippen molar-refractivity contribution in [2.24, 2.45) is 5.92 Å². The molecule has 1 fully saturated rings. The smallest absolute Gasteiger partial charge is 0.334 e. The Balaban J connectivity index is 2.27. The predicted octanol–water partition coefficient (Wildman–Crippen LogP) is -0.0547. The number of methoxy groups -OCH3 is 2. The molecule has 0 aromatic rings. The molecule has 12 heavy (non-hydrogen) atoms. The zero-order chi connectivity index (χ0) is 9.14. The molecular formula is C8H14O4. The van der Waals surface area contributed by atoms with Crippen LogP contribution in [0, 0.1) is 5.92 Å². The zero-order valence-electron chi connectivity index (χ0n) is 7.32. The molecule has 1 rings (SSSR count). The maximum atomic E-state index is 10.8. The first kappa shape index (κ1) is 9.48. The van der Waals surface area contributed by atoms with Gasteiger partial charge >= 0.3 is 5.97 Å². The van der Waals surface area contributed by atoms with E-state index in [1.807, 2.05) is 0 Å². The van der Waals surface area contributed by atoms with Crippen molar-refractivity contribution < 1.29 is 19.4 Å². The van der Waals surface area contributed by atoms with Crippen molar-refractivity contribution in [3.63, 3.8) is 0 Å². The molecule has 0 spiro atoms. The first-order chi connectivity index (χ1) is 5.69. The molecule has 0 heterocycles. The molecular weight excluding hydrogens is 160 g/mol. The number of ether oxygens (including phenoxy) is 2. The second-order valence-electron chi connectivity index (χ2n) is 3.06.